The van der Waals surface area contributed by atoms with Crippen LogP contribution in [0.4, 0.5) is 5.69 Å². The van der Waals surface area contributed by atoms with Gasteiger partial charge in [-0.2, -0.15) is 0 Å². The number of nitrogens with zero attached hydrogens (tertiary/aromatic N) is 2. The topological polar surface area (TPSA) is 86.8 Å². The molecule has 3 rings (SSSR count). The van der Waals surface area contributed by atoms with Gasteiger partial charge in [-0.1, -0.05) is 77.1 Å². The molecule has 7 nitrogen and oxygen atoms in total. The van der Waals surface area contributed by atoms with E-state index in [-0.39, 0.29) is 33.6 Å². The maximum absolute atomic E-state index is 14.2. The summed E-state index contributed by atoms with van der Waals surface area (Å²) in [6, 6.07) is 14.5. The van der Waals surface area contributed by atoms with Gasteiger partial charge in [0.15, 0.2) is 0 Å². The molecule has 1 unspecified atom stereocenters. The molecule has 0 aliphatic heterocycles. The van der Waals surface area contributed by atoms with Gasteiger partial charge in [-0.05, 0) is 76.6 Å². The van der Waals surface area contributed by atoms with Gasteiger partial charge in [-0.25, -0.2) is 8.42 Å². The van der Waals surface area contributed by atoms with Crippen LogP contribution in [0.2, 0.25) is 20.1 Å². The van der Waals surface area contributed by atoms with Crippen LogP contribution in [0.5, 0.6) is 0 Å². The highest BCUT2D eigenvalue weighted by molar-refractivity contribution is 7.92. The Labute approximate surface area is 267 Å². The summed E-state index contributed by atoms with van der Waals surface area (Å²) in [6.07, 6.45) is 0.240. The summed E-state index contributed by atoms with van der Waals surface area (Å²) in [6.45, 7) is 8.28. The Morgan fingerprint density at radius 2 is 1.45 bits per heavy atom. The standard InChI is InChI=1S/C30H33Cl4N3O4S/c1-6-27(29(39)35-30(3,4)5)36(17-24-25(33)8-7-9-26(24)34)28(38)18-37(22-15-20(31)14-21(32)16-22)42(40,41)23-12-10-19(2)11-13-23/h7-16,27H,6,17-18H2,1-5H3,(H,35,39). The Bertz CT molecular complexity index is 1520. The van der Waals surface area contributed by atoms with Crippen LogP contribution in [0.1, 0.15) is 45.2 Å². The summed E-state index contributed by atoms with van der Waals surface area (Å²) < 4.78 is 28.9. The van der Waals surface area contributed by atoms with Gasteiger partial charge >= 0.3 is 0 Å². The molecule has 2 amide bonds. The van der Waals surface area contributed by atoms with Crippen molar-refractivity contribution in [1.82, 2.24) is 10.2 Å². The third kappa shape index (κ3) is 8.54. The molecule has 0 spiro atoms. The van der Waals surface area contributed by atoms with Crippen LogP contribution >= 0.6 is 46.4 Å². The zero-order chi connectivity index (χ0) is 31.4. The van der Waals surface area contributed by atoms with Crippen molar-refractivity contribution in [3.63, 3.8) is 0 Å². The number of carbonyl (C=O) groups excluding carboxylic acids is 2. The monoisotopic (exact) mass is 671 g/mol. The Morgan fingerprint density at radius 3 is 1.95 bits per heavy atom. The number of rotatable bonds is 10. The van der Waals surface area contributed by atoms with Crippen molar-refractivity contribution in [3.05, 3.63) is 91.9 Å². The number of benzene rings is 3. The van der Waals surface area contributed by atoms with Gasteiger partial charge in [0, 0.05) is 37.7 Å². The lowest BCUT2D eigenvalue weighted by molar-refractivity contribution is -0.141. The molecule has 3 aromatic carbocycles. The molecule has 0 fully saturated rings. The van der Waals surface area contributed by atoms with Gasteiger partial charge < -0.3 is 10.2 Å². The lowest BCUT2D eigenvalue weighted by atomic mass is 10.1. The van der Waals surface area contributed by atoms with E-state index in [0.717, 1.165) is 9.87 Å². The zero-order valence-corrected chi connectivity index (χ0v) is 27.8. The van der Waals surface area contributed by atoms with Crippen molar-refractivity contribution in [2.75, 3.05) is 10.8 Å². The molecule has 0 bridgehead atoms. The van der Waals surface area contributed by atoms with Gasteiger partial charge in [0.05, 0.1) is 10.6 Å². The van der Waals surface area contributed by atoms with Gasteiger partial charge in [0.1, 0.15) is 12.6 Å². The van der Waals surface area contributed by atoms with Gasteiger partial charge in [0.25, 0.3) is 10.0 Å². The van der Waals surface area contributed by atoms with E-state index in [4.69, 9.17) is 46.4 Å². The van der Waals surface area contributed by atoms with E-state index in [0.29, 0.717) is 15.6 Å². The Balaban J connectivity index is 2.15. The first-order chi connectivity index (χ1) is 19.5. The number of carbonyl (C=O) groups is 2. The van der Waals surface area contributed by atoms with Crippen LogP contribution in [0.25, 0.3) is 0 Å². The normalized spacial score (nSPS) is 12.5. The Hall–Kier alpha value is -2.49. The predicted octanol–water partition coefficient (Wildman–Crippen LogP) is 7.53. The molecule has 12 heteroatoms. The summed E-state index contributed by atoms with van der Waals surface area (Å²) in [5, 5.41) is 3.89. The maximum Gasteiger partial charge on any atom is 0.264 e. The highest BCUT2D eigenvalue weighted by atomic mass is 35.5. The minimum atomic E-state index is -4.29. The van der Waals surface area contributed by atoms with E-state index in [2.05, 4.69) is 5.32 Å². The fourth-order valence-corrected chi connectivity index (χ4v) is 6.70. The number of hydrogen-bond donors (Lipinski definition) is 1. The number of anilines is 1. The molecule has 3 aromatic rings. The van der Waals surface area contributed by atoms with Crippen LogP contribution in [0, 0.1) is 6.92 Å². The maximum atomic E-state index is 14.2. The van der Waals surface area contributed by atoms with Crippen LogP contribution in [0.15, 0.2) is 65.6 Å². The molecule has 0 aliphatic rings. The molecule has 1 N–H and O–H groups in total. The van der Waals surface area contributed by atoms with Gasteiger partial charge in [-0.15, -0.1) is 0 Å². The number of halogens is 4. The molecule has 0 radical (unpaired) electrons. The van der Waals surface area contributed by atoms with Gasteiger partial charge in [0.2, 0.25) is 11.8 Å². The van der Waals surface area contributed by atoms with Crippen molar-refractivity contribution in [2.24, 2.45) is 0 Å². The summed E-state index contributed by atoms with van der Waals surface area (Å²) in [4.78, 5) is 28.9. The number of amides is 2. The van der Waals surface area contributed by atoms with E-state index in [9.17, 15) is 18.0 Å². The molecule has 1 atom stereocenters. The van der Waals surface area contributed by atoms with Crippen LogP contribution in [0.3, 0.4) is 0 Å². The molecule has 0 saturated heterocycles. The highest BCUT2D eigenvalue weighted by Crippen LogP contribution is 2.31. The number of sulfonamides is 1. The second-order valence-corrected chi connectivity index (χ2v) is 14.4. The second-order valence-electron chi connectivity index (χ2n) is 10.8. The summed E-state index contributed by atoms with van der Waals surface area (Å²) in [5.74, 6) is -1.06. The number of aryl methyl sites for hydroxylation is 1. The van der Waals surface area contributed by atoms with Crippen LogP contribution in [-0.4, -0.2) is 43.3 Å². The number of nitrogens with one attached hydrogen (secondary N) is 1. The quantitative estimate of drug-likeness (QED) is 0.241. The first-order valence-corrected chi connectivity index (χ1v) is 16.1. The first-order valence-electron chi connectivity index (χ1n) is 13.1. The fraction of sp³-hybridized carbons (Fsp3) is 0.333. The van der Waals surface area contributed by atoms with E-state index in [1.165, 1.54) is 35.2 Å². The third-order valence-corrected chi connectivity index (χ3v) is 9.23. The van der Waals surface area contributed by atoms with Crippen LogP contribution in [-0.2, 0) is 26.2 Å². The average Bonchev–Trinajstić information content (AvgIpc) is 2.87. The Morgan fingerprint density at radius 1 is 0.905 bits per heavy atom. The Kier molecular flexibility index (Phi) is 11.2. The molecule has 0 heterocycles. The predicted molar refractivity (Wildman–Crippen MR) is 171 cm³/mol. The molecule has 42 heavy (non-hydrogen) atoms. The molecule has 0 aromatic heterocycles. The highest BCUT2D eigenvalue weighted by Gasteiger charge is 2.35. The van der Waals surface area contributed by atoms with Gasteiger partial charge in [-0.3, -0.25) is 13.9 Å². The van der Waals surface area contributed by atoms with E-state index in [1.54, 1.807) is 37.3 Å². The fourth-order valence-electron chi connectivity index (χ4n) is 4.28. The summed E-state index contributed by atoms with van der Waals surface area (Å²) in [7, 11) is -4.29. The largest absolute Gasteiger partial charge is 0.350 e. The van der Waals surface area contributed by atoms with Crippen molar-refractivity contribution in [3.8, 4) is 0 Å². The summed E-state index contributed by atoms with van der Waals surface area (Å²) in [5.41, 5.74) is 0.791. The lowest BCUT2D eigenvalue weighted by Crippen LogP contribution is -2.55. The summed E-state index contributed by atoms with van der Waals surface area (Å²) >= 11 is 25.4. The van der Waals surface area contributed by atoms with E-state index in [1.807, 2.05) is 27.7 Å². The first kappa shape index (κ1) is 34.0. The second kappa shape index (κ2) is 13.9. The lowest BCUT2D eigenvalue weighted by Gasteiger charge is -2.35. The third-order valence-electron chi connectivity index (χ3n) is 6.30. The minimum Gasteiger partial charge on any atom is -0.350 e. The van der Waals surface area contributed by atoms with Crippen LogP contribution < -0.4 is 9.62 Å². The molecular weight excluding hydrogens is 640 g/mol. The van der Waals surface area contributed by atoms with Crippen molar-refractivity contribution in [2.45, 2.75) is 64.1 Å². The smallest absolute Gasteiger partial charge is 0.264 e. The molecule has 0 aliphatic carbocycles. The minimum absolute atomic E-state index is 0.0322. The average molecular weight is 673 g/mol. The molecular formula is C30H33Cl4N3O4S. The van der Waals surface area contributed by atoms with E-state index >= 15 is 0 Å². The number of hydrogen-bond acceptors (Lipinski definition) is 4. The van der Waals surface area contributed by atoms with Crippen molar-refractivity contribution < 1.29 is 18.0 Å². The van der Waals surface area contributed by atoms with Crippen molar-refractivity contribution >= 4 is 73.9 Å². The van der Waals surface area contributed by atoms with Crippen molar-refractivity contribution in [1.29, 1.82) is 0 Å². The zero-order valence-electron chi connectivity index (χ0n) is 23.9. The van der Waals surface area contributed by atoms with E-state index < -0.39 is 40.0 Å². The SMILES string of the molecule is CCC(C(=O)NC(C)(C)C)N(Cc1c(Cl)cccc1Cl)C(=O)CN(c1cc(Cl)cc(Cl)c1)S(=O)(=O)c1ccc(C)cc1. The molecule has 0 saturated carbocycles. The molecule has 226 valence electrons.